The van der Waals surface area contributed by atoms with Crippen LogP contribution in [0.25, 0.3) is 0 Å². The molecule has 0 radical (unpaired) electrons. The van der Waals surface area contributed by atoms with Crippen molar-refractivity contribution in [3.8, 4) is 5.88 Å². The predicted octanol–water partition coefficient (Wildman–Crippen LogP) is 3.93. The fourth-order valence-corrected chi connectivity index (χ4v) is 4.34. The first-order valence-corrected chi connectivity index (χ1v) is 10.0. The third-order valence-electron chi connectivity index (χ3n) is 3.26. The molecule has 0 amide bonds. The number of sulfonamides is 1. The smallest absolute Gasteiger partial charge is 0.312 e. The molecule has 0 aliphatic heterocycles. The van der Waals surface area contributed by atoms with E-state index in [0.717, 1.165) is 17.4 Å². The largest absolute Gasteiger partial charge is 0.406 e. The SMILES string of the molecule is C=CC(c1c(F)cc(F)cc1F)S(=O)(=O)Nc1nc(OC(=O)CCC)cs1. The summed E-state index contributed by atoms with van der Waals surface area (Å²) in [4.78, 5) is 15.2. The molecule has 0 bridgehead atoms. The van der Waals surface area contributed by atoms with Gasteiger partial charge in [-0.1, -0.05) is 13.0 Å². The molecule has 0 aliphatic carbocycles. The first-order valence-electron chi connectivity index (χ1n) is 7.62. The first kappa shape index (κ1) is 20.9. The molecule has 1 aromatic carbocycles. The van der Waals surface area contributed by atoms with Crippen LogP contribution in [0.5, 0.6) is 5.88 Å². The Bertz CT molecular complexity index is 937. The van der Waals surface area contributed by atoms with Crippen LogP contribution in [0.1, 0.15) is 30.6 Å². The topological polar surface area (TPSA) is 85.4 Å². The molecule has 2 rings (SSSR count). The van der Waals surface area contributed by atoms with Gasteiger partial charge in [0.25, 0.3) is 0 Å². The van der Waals surface area contributed by atoms with Gasteiger partial charge in [-0.05, 0) is 6.42 Å². The Kier molecular flexibility index (Phi) is 6.60. The van der Waals surface area contributed by atoms with Crippen LogP contribution in [0, 0.1) is 17.5 Å². The summed E-state index contributed by atoms with van der Waals surface area (Å²) >= 11 is 0.810. The Morgan fingerprint density at radius 3 is 2.56 bits per heavy atom. The molecule has 2 aromatic rings. The molecule has 1 aromatic heterocycles. The van der Waals surface area contributed by atoms with Crippen LogP contribution in [0.4, 0.5) is 18.3 Å². The van der Waals surface area contributed by atoms with Crippen molar-refractivity contribution in [2.75, 3.05) is 4.72 Å². The molecule has 1 N–H and O–H groups in total. The van der Waals surface area contributed by atoms with Crippen LogP contribution in [0.3, 0.4) is 0 Å². The maximum absolute atomic E-state index is 13.9. The van der Waals surface area contributed by atoms with Crippen LogP contribution in [0.2, 0.25) is 0 Å². The molecule has 27 heavy (non-hydrogen) atoms. The lowest BCUT2D eigenvalue weighted by molar-refractivity contribution is -0.134. The van der Waals surface area contributed by atoms with E-state index in [0.29, 0.717) is 18.6 Å². The minimum atomic E-state index is -4.42. The van der Waals surface area contributed by atoms with Crippen LogP contribution in [-0.2, 0) is 14.8 Å². The number of hydrogen-bond donors (Lipinski definition) is 1. The number of carbonyl (C=O) groups is 1. The molecule has 1 heterocycles. The molecular weight excluding hydrogens is 405 g/mol. The van der Waals surface area contributed by atoms with Crippen LogP contribution in [0.15, 0.2) is 30.2 Å². The normalized spacial score (nSPS) is 12.4. The summed E-state index contributed by atoms with van der Waals surface area (Å²) in [6.45, 7) is 5.07. The molecule has 11 heteroatoms. The summed E-state index contributed by atoms with van der Waals surface area (Å²) in [5.74, 6) is -4.55. The lowest BCUT2D eigenvalue weighted by atomic mass is 10.1. The van der Waals surface area contributed by atoms with Gasteiger partial charge in [0.05, 0.1) is 5.38 Å². The number of ether oxygens (including phenoxy) is 1. The van der Waals surface area contributed by atoms with Crippen molar-refractivity contribution in [3.63, 3.8) is 0 Å². The molecule has 1 atom stereocenters. The van der Waals surface area contributed by atoms with Crippen molar-refractivity contribution < 1.29 is 31.1 Å². The third-order valence-corrected chi connectivity index (χ3v) is 5.70. The zero-order chi connectivity index (χ0) is 20.2. The highest BCUT2D eigenvalue weighted by Crippen LogP contribution is 2.32. The number of esters is 1. The van der Waals surface area contributed by atoms with E-state index in [-0.39, 0.29) is 17.4 Å². The van der Waals surface area contributed by atoms with Gasteiger partial charge in [0.2, 0.25) is 15.9 Å². The second kappa shape index (κ2) is 8.53. The molecule has 0 fully saturated rings. The van der Waals surface area contributed by atoms with Gasteiger partial charge in [0.15, 0.2) is 5.13 Å². The molecule has 0 saturated carbocycles. The Balaban J connectivity index is 2.26. The van der Waals surface area contributed by atoms with Gasteiger partial charge in [-0.15, -0.1) is 17.9 Å². The van der Waals surface area contributed by atoms with Crippen molar-refractivity contribution >= 4 is 32.5 Å². The van der Waals surface area contributed by atoms with E-state index >= 15 is 0 Å². The van der Waals surface area contributed by atoms with Crippen LogP contribution >= 0.6 is 11.3 Å². The number of anilines is 1. The van der Waals surface area contributed by atoms with Gasteiger partial charge in [0.1, 0.15) is 22.7 Å². The summed E-state index contributed by atoms with van der Waals surface area (Å²) < 4.78 is 72.9. The van der Waals surface area contributed by atoms with Crippen LogP contribution < -0.4 is 9.46 Å². The maximum atomic E-state index is 13.9. The van der Waals surface area contributed by atoms with E-state index in [9.17, 15) is 26.4 Å². The van der Waals surface area contributed by atoms with Crippen molar-refractivity contribution in [2.45, 2.75) is 25.0 Å². The summed E-state index contributed by atoms with van der Waals surface area (Å²) in [7, 11) is -4.42. The maximum Gasteiger partial charge on any atom is 0.312 e. The number of carbonyl (C=O) groups excluding carboxylic acids is 1. The second-order valence-electron chi connectivity index (χ2n) is 5.30. The highest BCUT2D eigenvalue weighted by atomic mass is 32.2. The Morgan fingerprint density at radius 2 is 2.00 bits per heavy atom. The average Bonchev–Trinajstić information content (AvgIpc) is 2.96. The number of rotatable bonds is 8. The summed E-state index contributed by atoms with van der Waals surface area (Å²) in [6, 6.07) is 0.748. The lowest BCUT2D eigenvalue weighted by Crippen LogP contribution is -2.22. The number of halogens is 3. The zero-order valence-electron chi connectivity index (χ0n) is 14.0. The fourth-order valence-electron chi connectivity index (χ4n) is 2.13. The van der Waals surface area contributed by atoms with Crippen molar-refractivity contribution in [2.24, 2.45) is 0 Å². The molecule has 6 nitrogen and oxygen atoms in total. The Hall–Kier alpha value is -2.40. The highest BCUT2D eigenvalue weighted by molar-refractivity contribution is 7.93. The number of aromatic nitrogens is 1. The number of thiazole rings is 1. The van der Waals surface area contributed by atoms with Crippen molar-refractivity contribution in [3.05, 3.63) is 53.2 Å². The van der Waals surface area contributed by atoms with Gasteiger partial charge in [-0.2, -0.15) is 4.98 Å². The summed E-state index contributed by atoms with van der Waals surface area (Å²) in [5, 5.41) is -0.718. The van der Waals surface area contributed by atoms with Gasteiger partial charge < -0.3 is 4.74 Å². The third kappa shape index (κ3) is 5.07. The molecule has 0 aliphatic rings. The minimum Gasteiger partial charge on any atom is -0.406 e. The number of benzene rings is 1. The minimum absolute atomic E-state index is 0.106. The number of nitrogens with zero attached hydrogens (tertiary/aromatic N) is 1. The fraction of sp³-hybridized carbons (Fsp3) is 0.250. The van der Waals surface area contributed by atoms with Crippen molar-refractivity contribution in [1.29, 1.82) is 0 Å². The van der Waals surface area contributed by atoms with Gasteiger partial charge in [-0.3, -0.25) is 9.52 Å². The monoisotopic (exact) mass is 420 g/mol. The van der Waals surface area contributed by atoms with E-state index in [1.165, 1.54) is 5.38 Å². The second-order valence-corrected chi connectivity index (χ2v) is 7.96. The molecule has 1 unspecified atom stereocenters. The number of nitrogens with one attached hydrogen (secondary N) is 1. The first-order chi connectivity index (χ1) is 12.7. The summed E-state index contributed by atoms with van der Waals surface area (Å²) in [6.07, 6.45) is 1.54. The van der Waals surface area contributed by atoms with E-state index in [4.69, 9.17) is 4.74 Å². The van der Waals surface area contributed by atoms with Crippen LogP contribution in [-0.4, -0.2) is 19.4 Å². The number of hydrogen-bond acceptors (Lipinski definition) is 6. The van der Waals surface area contributed by atoms with E-state index in [1.54, 1.807) is 6.92 Å². The molecule has 146 valence electrons. The quantitative estimate of drug-likeness (QED) is 0.517. The summed E-state index contributed by atoms with van der Waals surface area (Å²) in [5.41, 5.74) is -0.870. The van der Waals surface area contributed by atoms with E-state index in [2.05, 4.69) is 16.3 Å². The van der Waals surface area contributed by atoms with E-state index in [1.807, 2.05) is 0 Å². The van der Waals surface area contributed by atoms with E-state index < -0.39 is 44.3 Å². The lowest BCUT2D eigenvalue weighted by Gasteiger charge is -2.16. The Labute approximate surface area is 157 Å². The molecule has 0 saturated heterocycles. The molecular formula is C16H15F3N2O4S2. The van der Waals surface area contributed by atoms with Gasteiger partial charge >= 0.3 is 5.97 Å². The highest BCUT2D eigenvalue weighted by Gasteiger charge is 2.31. The van der Waals surface area contributed by atoms with Gasteiger partial charge in [-0.25, -0.2) is 21.6 Å². The standard InChI is InChI=1S/C16H15F3N2O4S2/c1-3-5-14(22)25-13-8-26-16(20-13)21-27(23,24)12(4-2)15-10(18)6-9(17)7-11(15)19/h4,6-8,12H,2-3,5H2,1H3,(H,20,21). The van der Waals surface area contributed by atoms with Crippen molar-refractivity contribution in [1.82, 2.24) is 4.98 Å². The zero-order valence-corrected chi connectivity index (χ0v) is 15.7. The average molecular weight is 420 g/mol. The Morgan fingerprint density at radius 1 is 1.37 bits per heavy atom. The van der Waals surface area contributed by atoms with Gasteiger partial charge in [0, 0.05) is 24.1 Å². The molecule has 0 spiro atoms. The predicted molar refractivity (Wildman–Crippen MR) is 94.5 cm³/mol.